The third-order valence-electron chi connectivity index (χ3n) is 9.45. The number of ether oxygens (including phenoxy) is 1. The first-order chi connectivity index (χ1) is 17.6. The van der Waals surface area contributed by atoms with Crippen LogP contribution in [0.2, 0.25) is 0 Å². The van der Waals surface area contributed by atoms with Crippen molar-refractivity contribution >= 4 is 21.6 Å². The SMILES string of the molecule is COc1ccc2c(c1)CC[C@@H]1[C@@H]2CC[C@]2(C)c3c(sc4ncn(CCCc5ccco5)c(=O)c34)C[C@H]12. The van der Waals surface area contributed by atoms with Crippen LogP contribution < -0.4 is 10.3 Å². The van der Waals surface area contributed by atoms with Gasteiger partial charge < -0.3 is 9.15 Å². The van der Waals surface area contributed by atoms with Gasteiger partial charge in [-0.25, -0.2) is 4.98 Å². The highest BCUT2D eigenvalue weighted by atomic mass is 32.1. The van der Waals surface area contributed by atoms with Crippen molar-refractivity contribution in [3.05, 3.63) is 80.6 Å². The van der Waals surface area contributed by atoms with Crippen molar-refractivity contribution in [3.8, 4) is 5.75 Å². The summed E-state index contributed by atoms with van der Waals surface area (Å²) in [7, 11) is 1.75. The second kappa shape index (κ2) is 8.34. The highest BCUT2D eigenvalue weighted by Crippen LogP contribution is 2.62. The molecule has 1 aromatic carbocycles. The van der Waals surface area contributed by atoms with Gasteiger partial charge in [-0.1, -0.05) is 13.0 Å². The predicted molar refractivity (Wildman–Crippen MR) is 142 cm³/mol. The monoisotopic (exact) mass is 500 g/mol. The predicted octanol–water partition coefficient (Wildman–Crippen LogP) is 6.26. The minimum absolute atomic E-state index is 0.0624. The zero-order valence-electron chi connectivity index (χ0n) is 21.0. The minimum atomic E-state index is 0.0624. The molecule has 186 valence electrons. The largest absolute Gasteiger partial charge is 0.497 e. The molecule has 1 fully saturated rings. The number of methoxy groups -OCH3 is 1. The number of nitrogens with zero attached hydrogens (tertiary/aromatic N) is 2. The van der Waals surface area contributed by atoms with E-state index in [-0.39, 0.29) is 11.0 Å². The van der Waals surface area contributed by atoms with Crippen molar-refractivity contribution in [3.63, 3.8) is 0 Å². The third-order valence-corrected chi connectivity index (χ3v) is 10.6. The number of hydrogen-bond acceptors (Lipinski definition) is 5. The Morgan fingerprint density at radius 2 is 2.19 bits per heavy atom. The molecule has 4 atom stereocenters. The van der Waals surface area contributed by atoms with Gasteiger partial charge in [0, 0.05) is 17.8 Å². The van der Waals surface area contributed by atoms with E-state index in [1.54, 1.807) is 31.0 Å². The van der Waals surface area contributed by atoms with Crippen LogP contribution >= 0.6 is 11.3 Å². The summed E-state index contributed by atoms with van der Waals surface area (Å²) in [6, 6.07) is 10.6. The fourth-order valence-corrected chi connectivity index (χ4v) is 9.08. The molecule has 3 aromatic heterocycles. The summed E-state index contributed by atoms with van der Waals surface area (Å²) in [5, 5.41) is 0.903. The summed E-state index contributed by atoms with van der Waals surface area (Å²) >= 11 is 1.77. The van der Waals surface area contributed by atoms with Crippen LogP contribution in [0.5, 0.6) is 5.75 Å². The van der Waals surface area contributed by atoms with Crippen LogP contribution in [-0.2, 0) is 31.2 Å². The van der Waals surface area contributed by atoms with Crippen molar-refractivity contribution in [1.29, 1.82) is 0 Å². The van der Waals surface area contributed by atoms with Crippen molar-refractivity contribution in [1.82, 2.24) is 9.55 Å². The van der Waals surface area contributed by atoms with Crippen LogP contribution in [0.25, 0.3) is 10.2 Å². The number of hydrogen-bond donors (Lipinski definition) is 0. The van der Waals surface area contributed by atoms with E-state index in [1.165, 1.54) is 34.4 Å². The first-order valence-electron chi connectivity index (χ1n) is 13.3. The Bertz CT molecular complexity index is 1500. The Morgan fingerprint density at radius 3 is 3.03 bits per heavy atom. The molecule has 0 spiro atoms. The van der Waals surface area contributed by atoms with E-state index in [4.69, 9.17) is 14.1 Å². The Hall–Kier alpha value is -2.86. The number of thiophene rings is 1. The van der Waals surface area contributed by atoms with Gasteiger partial charge in [-0.2, -0.15) is 0 Å². The van der Waals surface area contributed by atoms with Gasteiger partial charge >= 0.3 is 0 Å². The van der Waals surface area contributed by atoms with Gasteiger partial charge in [-0.05, 0) is 103 Å². The molecule has 3 aliphatic rings. The number of fused-ring (bicyclic) bond motifs is 9. The van der Waals surface area contributed by atoms with E-state index in [0.717, 1.165) is 53.8 Å². The van der Waals surface area contributed by atoms with Crippen molar-refractivity contribution in [2.75, 3.05) is 7.11 Å². The van der Waals surface area contributed by atoms with E-state index in [2.05, 4.69) is 25.1 Å². The lowest BCUT2D eigenvalue weighted by molar-refractivity contribution is 0.106. The summed E-state index contributed by atoms with van der Waals surface area (Å²) < 4.78 is 12.8. The second-order valence-electron chi connectivity index (χ2n) is 11.1. The smallest absolute Gasteiger partial charge is 0.262 e. The fraction of sp³-hybridized carbons (Fsp3) is 0.467. The lowest BCUT2D eigenvalue weighted by Crippen LogP contribution is -2.43. The normalized spacial score (nSPS) is 26.3. The molecule has 4 aromatic rings. The molecule has 0 saturated heterocycles. The van der Waals surface area contributed by atoms with Gasteiger partial charge in [-0.15, -0.1) is 11.3 Å². The van der Waals surface area contributed by atoms with E-state index in [9.17, 15) is 4.79 Å². The molecule has 3 heterocycles. The molecule has 7 rings (SSSR count). The maximum atomic E-state index is 13.8. The van der Waals surface area contributed by atoms with E-state index in [0.29, 0.717) is 24.3 Å². The zero-order chi connectivity index (χ0) is 24.4. The molecule has 5 nitrogen and oxygen atoms in total. The Morgan fingerprint density at radius 1 is 1.28 bits per heavy atom. The Kier molecular flexibility index (Phi) is 5.18. The lowest BCUT2D eigenvalue weighted by Gasteiger charge is -2.49. The molecule has 1 saturated carbocycles. The average molecular weight is 501 g/mol. The van der Waals surface area contributed by atoms with Gasteiger partial charge in [0.15, 0.2) is 0 Å². The molecule has 0 unspecified atom stereocenters. The molecule has 3 aliphatic carbocycles. The molecule has 0 aliphatic heterocycles. The van der Waals surface area contributed by atoms with Crippen LogP contribution in [0.4, 0.5) is 0 Å². The van der Waals surface area contributed by atoms with Crippen LogP contribution in [0.3, 0.4) is 0 Å². The summed E-state index contributed by atoms with van der Waals surface area (Å²) in [6.45, 7) is 3.11. The van der Waals surface area contributed by atoms with Gasteiger partial charge in [-0.3, -0.25) is 9.36 Å². The topological polar surface area (TPSA) is 57.3 Å². The van der Waals surface area contributed by atoms with Gasteiger partial charge in [0.05, 0.1) is 25.1 Å². The summed E-state index contributed by atoms with van der Waals surface area (Å²) in [6.07, 6.45) is 10.9. The summed E-state index contributed by atoms with van der Waals surface area (Å²) in [5.74, 6) is 3.83. The number of aromatic nitrogens is 2. The van der Waals surface area contributed by atoms with Crippen molar-refractivity contribution in [2.24, 2.45) is 11.8 Å². The van der Waals surface area contributed by atoms with Crippen LogP contribution in [-0.4, -0.2) is 16.7 Å². The fourth-order valence-electron chi connectivity index (χ4n) is 7.75. The van der Waals surface area contributed by atoms with Gasteiger partial charge in [0.25, 0.3) is 5.56 Å². The van der Waals surface area contributed by atoms with Crippen LogP contribution in [0, 0.1) is 11.8 Å². The van der Waals surface area contributed by atoms with Gasteiger partial charge in [0.2, 0.25) is 0 Å². The van der Waals surface area contributed by atoms with Crippen molar-refractivity contribution < 1.29 is 9.15 Å². The maximum absolute atomic E-state index is 13.8. The highest BCUT2D eigenvalue weighted by molar-refractivity contribution is 7.18. The highest BCUT2D eigenvalue weighted by Gasteiger charge is 2.54. The van der Waals surface area contributed by atoms with Gasteiger partial charge in [0.1, 0.15) is 16.3 Å². The van der Waals surface area contributed by atoms with E-state index in [1.807, 2.05) is 16.7 Å². The molecule has 0 N–H and O–H groups in total. The number of rotatable bonds is 5. The van der Waals surface area contributed by atoms with Crippen LogP contribution in [0.1, 0.15) is 65.9 Å². The van der Waals surface area contributed by atoms with E-state index >= 15 is 0 Å². The third kappa shape index (κ3) is 3.26. The number of aryl methyl sites for hydroxylation is 3. The molecular weight excluding hydrogens is 468 g/mol. The standard InChI is InChI=1S/C30H32N2O3S/c1-30-12-11-22-21-10-8-20(34-2)15-18(21)7-9-23(22)24(30)16-25-27(30)26-28(36-25)31-17-32(29(26)33)13-3-5-19-6-4-14-35-19/h4,6,8,10,14-15,17,22-24H,3,5,7,9,11-13,16H2,1-2H3/t22-,23-,24-,30+/m1/s1. The molecule has 0 bridgehead atoms. The van der Waals surface area contributed by atoms with Crippen molar-refractivity contribution in [2.45, 2.75) is 69.7 Å². The van der Waals surface area contributed by atoms with E-state index < -0.39 is 0 Å². The first kappa shape index (κ1) is 22.3. The average Bonchev–Trinajstić information content (AvgIpc) is 3.60. The Labute approximate surface area is 215 Å². The molecule has 6 heteroatoms. The zero-order valence-corrected chi connectivity index (χ0v) is 21.8. The second-order valence-corrected chi connectivity index (χ2v) is 12.2. The summed E-state index contributed by atoms with van der Waals surface area (Å²) in [5.41, 5.74) is 4.55. The number of furan rings is 1. The molecule has 36 heavy (non-hydrogen) atoms. The molecular formula is C30H32N2O3S. The lowest BCUT2D eigenvalue weighted by atomic mass is 9.55. The first-order valence-corrected chi connectivity index (χ1v) is 14.1. The molecule has 0 amide bonds. The molecule has 0 radical (unpaired) electrons. The quantitative estimate of drug-likeness (QED) is 0.324. The minimum Gasteiger partial charge on any atom is -0.497 e. The van der Waals surface area contributed by atoms with Crippen LogP contribution in [0.15, 0.2) is 52.1 Å². The number of benzene rings is 1. The maximum Gasteiger partial charge on any atom is 0.262 e. The summed E-state index contributed by atoms with van der Waals surface area (Å²) in [4.78, 5) is 20.9. The Balaban J connectivity index is 1.21.